The smallest absolute Gasteiger partial charge is 0.229 e. The number of nitrogens with one attached hydrogen (secondary N) is 1. The van der Waals surface area contributed by atoms with Crippen LogP contribution >= 0.6 is 0 Å². The number of phenolic OH excluding ortho intramolecular Hbond substituents is 1. The van der Waals surface area contributed by atoms with Crippen molar-refractivity contribution in [1.29, 1.82) is 0 Å². The number of rotatable bonds is 9. The van der Waals surface area contributed by atoms with Crippen molar-refractivity contribution in [1.82, 2.24) is 19.5 Å². The van der Waals surface area contributed by atoms with Gasteiger partial charge in [0, 0.05) is 38.4 Å². The molecule has 218 valence electrons. The summed E-state index contributed by atoms with van der Waals surface area (Å²) >= 11 is 0. The second-order valence-electron chi connectivity index (χ2n) is 12.4. The lowest BCUT2D eigenvalue weighted by atomic mass is 10.1. The van der Waals surface area contributed by atoms with Crippen LogP contribution in [0.5, 0.6) is 5.75 Å². The van der Waals surface area contributed by atoms with Crippen molar-refractivity contribution in [3.63, 3.8) is 0 Å². The summed E-state index contributed by atoms with van der Waals surface area (Å²) < 4.78 is 8.57. The van der Waals surface area contributed by atoms with Gasteiger partial charge in [-0.15, -0.1) is 0 Å². The molecule has 1 saturated heterocycles. The number of fused-ring (bicyclic) bond motifs is 1. The minimum atomic E-state index is -1.86. The van der Waals surface area contributed by atoms with Gasteiger partial charge in [-0.25, -0.2) is 4.98 Å². The number of nitrogens with zero attached hydrogens (tertiary/aromatic N) is 6. The number of benzene rings is 2. The standard InChI is InChI=1S/C31H43N7O2Si/c1-23(24-10-8-7-9-11-24)33-28-27-29(38(22-32-27)20-21-40-41(5,6)31(2,3)4)35-30(34-28)37-18-16-36(17-19-37)25-12-14-26(39)15-13-25/h7-15,22-23,39H,16-21H2,1-6H3,(H,33,34,35)/t23-/m0/s1. The highest BCUT2D eigenvalue weighted by Gasteiger charge is 2.37. The third-order valence-electron chi connectivity index (χ3n) is 8.48. The predicted molar refractivity (Wildman–Crippen MR) is 169 cm³/mol. The van der Waals surface area contributed by atoms with Crippen molar-refractivity contribution in [2.45, 2.75) is 58.4 Å². The molecule has 2 aromatic carbocycles. The summed E-state index contributed by atoms with van der Waals surface area (Å²) in [6, 6.07) is 17.8. The molecule has 3 heterocycles. The Kier molecular flexibility index (Phi) is 8.24. The van der Waals surface area contributed by atoms with Gasteiger partial charge in [0.25, 0.3) is 0 Å². The van der Waals surface area contributed by atoms with Gasteiger partial charge >= 0.3 is 0 Å². The zero-order valence-corrected chi connectivity index (χ0v) is 26.1. The predicted octanol–water partition coefficient (Wildman–Crippen LogP) is 6.05. The van der Waals surface area contributed by atoms with Gasteiger partial charge in [0.1, 0.15) is 5.75 Å². The van der Waals surface area contributed by atoms with E-state index >= 15 is 0 Å². The van der Waals surface area contributed by atoms with Crippen LogP contribution in [-0.4, -0.2) is 65.7 Å². The van der Waals surface area contributed by atoms with E-state index in [-0.39, 0.29) is 16.8 Å². The lowest BCUT2D eigenvalue weighted by Crippen LogP contribution is -2.47. The van der Waals surface area contributed by atoms with Crippen molar-refractivity contribution in [3.8, 4) is 5.75 Å². The molecule has 9 nitrogen and oxygen atoms in total. The highest BCUT2D eigenvalue weighted by atomic mass is 28.4. The molecule has 10 heteroatoms. The van der Waals surface area contributed by atoms with Crippen molar-refractivity contribution in [2.24, 2.45) is 0 Å². The number of hydrogen-bond donors (Lipinski definition) is 2. The second kappa shape index (κ2) is 11.7. The number of phenols is 1. The maximum atomic E-state index is 9.66. The summed E-state index contributed by atoms with van der Waals surface area (Å²) in [5, 5.41) is 13.4. The van der Waals surface area contributed by atoms with E-state index in [1.807, 2.05) is 24.5 Å². The monoisotopic (exact) mass is 573 g/mol. The number of aromatic hydroxyl groups is 1. The second-order valence-corrected chi connectivity index (χ2v) is 17.2. The van der Waals surface area contributed by atoms with Gasteiger partial charge in [0.05, 0.1) is 19.0 Å². The lowest BCUT2D eigenvalue weighted by Gasteiger charge is -2.36. The molecule has 5 rings (SSSR count). The van der Waals surface area contributed by atoms with Gasteiger partial charge in [-0.3, -0.25) is 0 Å². The molecular formula is C31H43N7O2Si. The van der Waals surface area contributed by atoms with Gasteiger partial charge in [0.2, 0.25) is 5.95 Å². The van der Waals surface area contributed by atoms with Crippen molar-refractivity contribution >= 4 is 36.9 Å². The molecule has 1 aliphatic heterocycles. The Morgan fingerprint density at radius 2 is 1.61 bits per heavy atom. The molecule has 0 aliphatic carbocycles. The Hall–Kier alpha value is -3.63. The van der Waals surface area contributed by atoms with E-state index in [2.05, 4.69) is 84.7 Å². The quantitative estimate of drug-likeness (QED) is 0.234. The normalized spacial score (nSPS) is 15.4. The molecule has 2 aromatic heterocycles. The molecule has 1 aliphatic rings. The largest absolute Gasteiger partial charge is 0.508 e. The molecule has 1 fully saturated rings. The van der Waals surface area contributed by atoms with E-state index in [0.29, 0.717) is 19.1 Å². The fourth-order valence-electron chi connectivity index (χ4n) is 4.81. The van der Waals surface area contributed by atoms with Crippen molar-refractivity contribution in [2.75, 3.05) is 47.9 Å². The van der Waals surface area contributed by atoms with E-state index < -0.39 is 8.32 Å². The van der Waals surface area contributed by atoms with Crippen LogP contribution in [0.2, 0.25) is 18.1 Å². The Labute approximate surface area is 244 Å². The molecule has 0 spiro atoms. The van der Waals surface area contributed by atoms with E-state index in [1.54, 1.807) is 12.1 Å². The Morgan fingerprint density at radius 3 is 2.27 bits per heavy atom. The number of imidazole rings is 1. The van der Waals surface area contributed by atoms with Gasteiger partial charge in [0.15, 0.2) is 25.3 Å². The van der Waals surface area contributed by atoms with E-state index in [4.69, 9.17) is 19.4 Å². The fourth-order valence-corrected chi connectivity index (χ4v) is 5.85. The summed E-state index contributed by atoms with van der Waals surface area (Å²) in [6.07, 6.45) is 1.86. The maximum Gasteiger partial charge on any atom is 0.229 e. The summed E-state index contributed by atoms with van der Waals surface area (Å²) in [4.78, 5) is 19.4. The van der Waals surface area contributed by atoms with E-state index in [0.717, 1.165) is 48.8 Å². The SMILES string of the molecule is C[C@H](Nc1nc(N2CCN(c3ccc(O)cc3)CC2)nc2c1ncn2CCO[Si](C)(C)C(C)(C)C)c1ccccc1. The van der Waals surface area contributed by atoms with Crippen molar-refractivity contribution < 1.29 is 9.53 Å². The average molecular weight is 574 g/mol. The Bertz CT molecular complexity index is 1440. The molecule has 1 atom stereocenters. The molecule has 0 amide bonds. The lowest BCUT2D eigenvalue weighted by molar-refractivity contribution is 0.273. The van der Waals surface area contributed by atoms with Crippen molar-refractivity contribution in [3.05, 3.63) is 66.5 Å². The molecule has 2 N–H and O–H groups in total. The zero-order valence-electron chi connectivity index (χ0n) is 25.1. The zero-order chi connectivity index (χ0) is 29.2. The minimum absolute atomic E-state index is 0.0561. The number of piperazine rings is 1. The van der Waals surface area contributed by atoms with Crippen LogP contribution in [0, 0.1) is 0 Å². The van der Waals surface area contributed by atoms with Crippen LogP contribution in [0.25, 0.3) is 11.2 Å². The Balaban J connectivity index is 1.40. The first-order valence-electron chi connectivity index (χ1n) is 14.5. The summed E-state index contributed by atoms with van der Waals surface area (Å²) in [5.74, 6) is 1.73. The van der Waals surface area contributed by atoms with Gasteiger partial charge < -0.3 is 29.2 Å². The van der Waals surface area contributed by atoms with Gasteiger partial charge in [-0.05, 0) is 54.9 Å². The number of aromatic nitrogens is 4. The van der Waals surface area contributed by atoms with Crippen LogP contribution in [0.3, 0.4) is 0 Å². The number of anilines is 3. The molecule has 0 saturated carbocycles. The fraction of sp³-hybridized carbons (Fsp3) is 0.452. The molecule has 0 radical (unpaired) electrons. The molecule has 0 bridgehead atoms. The molecule has 0 unspecified atom stereocenters. The Morgan fingerprint density at radius 1 is 0.951 bits per heavy atom. The average Bonchev–Trinajstić information content (AvgIpc) is 3.36. The summed E-state index contributed by atoms with van der Waals surface area (Å²) in [5.41, 5.74) is 3.88. The van der Waals surface area contributed by atoms with Crippen LogP contribution < -0.4 is 15.1 Å². The highest BCUT2D eigenvalue weighted by molar-refractivity contribution is 6.74. The minimum Gasteiger partial charge on any atom is -0.508 e. The maximum absolute atomic E-state index is 9.66. The van der Waals surface area contributed by atoms with Crippen LogP contribution in [-0.2, 0) is 11.0 Å². The van der Waals surface area contributed by atoms with Crippen LogP contribution in [0.4, 0.5) is 17.5 Å². The molecular weight excluding hydrogens is 530 g/mol. The first-order chi connectivity index (χ1) is 19.5. The first-order valence-corrected chi connectivity index (χ1v) is 17.4. The third-order valence-corrected chi connectivity index (χ3v) is 13.0. The van der Waals surface area contributed by atoms with E-state index in [1.165, 1.54) is 5.56 Å². The van der Waals surface area contributed by atoms with Crippen LogP contribution in [0.15, 0.2) is 60.9 Å². The third kappa shape index (κ3) is 6.49. The number of hydrogen-bond acceptors (Lipinski definition) is 8. The first kappa shape index (κ1) is 28.9. The van der Waals surface area contributed by atoms with Gasteiger partial charge in [-0.1, -0.05) is 51.1 Å². The molecule has 4 aromatic rings. The van der Waals surface area contributed by atoms with E-state index in [9.17, 15) is 5.11 Å². The van der Waals surface area contributed by atoms with Gasteiger partial charge in [-0.2, -0.15) is 9.97 Å². The highest BCUT2D eigenvalue weighted by Crippen LogP contribution is 2.36. The summed E-state index contributed by atoms with van der Waals surface area (Å²) in [6.45, 7) is 18.1. The summed E-state index contributed by atoms with van der Waals surface area (Å²) in [7, 11) is -1.86. The topological polar surface area (TPSA) is 91.6 Å². The van der Waals surface area contributed by atoms with Crippen LogP contribution in [0.1, 0.15) is 39.3 Å². The molecule has 41 heavy (non-hydrogen) atoms.